The van der Waals surface area contributed by atoms with E-state index in [9.17, 15) is 0 Å². The van der Waals surface area contributed by atoms with E-state index in [1.165, 1.54) is 38.9 Å². The van der Waals surface area contributed by atoms with Crippen LogP contribution in [-0.4, -0.2) is 28.0 Å². The van der Waals surface area contributed by atoms with Gasteiger partial charge in [-0.05, 0) is 61.4 Å². The van der Waals surface area contributed by atoms with Gasteiger partial charge in [-0.3, -0.25) is 4.98 Å². The Morgan fingerprint density at radius 2 is 2.00 bits per heavy atom. The maximum atomic E-state index is 4.16. The van der Waals surface area contributed by atoms with E-state index in [2.05, 4.69) is 71.9 Å². The molecule has 0 unspecified atom stereocenters. The van der Waals surface area contributed by atoms with Crippen molar-refractivity contribution in [2.24, 2.45) is 0 Å². The first-order valence-electron chi connectivity index (χ1n) is 9.09. The number of aromatic nitrogens is 2. The minimum atomic E-state index is 1.00. The summed E-state index contributed by atoms with van der Waals surface area (Å²) in [6.07, 6.45) is 8.20. The first kappa shape index (κ1) is 16.1. The lowest BCUT2D eigenvalue weighted by atomic mass is 10.0. The van der Waals surface area contributed by atoms with E-state index in [0.29, 0.717) is 0 Å². The lowest BCUT2D eigenvalue weighted by Gasteiger charge is -2.23. The molecule has 0 spiro atoms. The van der Waals surface area contributed by atoms with E-state index >= 15 is 0 Å². The van der Waals surface area contributed by atoms with Crippen molar-refractivity contribution in [3.63, 3.8) is 0 Å². The van der Waals surface area contributed by atoms with Gasteiger partial charge in [-0.1, -0.05) is 18.6 Å². The minimum absolute atomic E-state index is 1.00. The molecule has 0 amide bonds. The number of rotatable bonds is 3. The van der Waals surface area contributed by atoms with Crippen LogP contribution in [0.1, 0.15) is 35.7 Å². The quantitative estimate of drug-likeness (QED) is 0.691. The third kappa shape index (κ3) is 2.89. The summed E-state index contributed by atoms with van der Waals surface area (Å²) in [4.78, 5) is 6.58. The normalized spacial score (nSPS) is 15.6. The molecule has 0 atom stereocenters. The van der Waals surface area contributed by atoms with Gasteiger partial charge >= 0.3 is 0 Å². The number of likely N-dealkylation sites (N-methyl/N-ethyl adjacent to an activating group) is 1. The first-order chi connectivity index (χ1) is 12.2. The van der Waals surface area contributed by atoms with E-state index in [-0.39, 0.29) is 0 Å². The first-order valence-corrected chi connectivity index (χ1v) is 9.09. The molecule has 0 fully saturated rings. The monoisotopic (exact) mass is 331 g/mol. The maximum absolute atomic E-state index is 4.16. The minimum Gasteiger partial charge on any atom is -0.320 e. The highest BCUT2D eigenvalue weighted by molar-refractivity contribution is 5.90. The molecule has 1 aliphatic rings. The van der Waals surface area contributed by atoms with Gasteiger partial charge < -0.3 is 9.47 Å². The molecule has 0 saturated heterocycles. The van der Waals surface area contributed by atoms with Crippen molar-refractivity contribution in [1.29, 1.82) is 0 Å². The molecule has 4 rings (SSSR count). The Morgan fingerprint density at radius 3 is 2.76 bits per heavy atom. The molecular weight excluding hydrogens is 306 g/mol. The van der Waals surface area contributed by atoms with Crippen molar-refractivity contribution in [3.8, 4) is 0 Å². The number of nitrogens with zero attached hydrogens (tertiary/aromatic N) is 3. The van der Waals surface area contributed by atoms with Crippen LogP contribution in [-0.2, 0) is 13.0 Å². The van der Waals surface area contributed by atoms with E-state index in [4.69, 9.17) is 0 Å². The Hall–Kier alpha value is -2.39. The molecule has 128 valence electrons. The number of fused-ring (bicyclic) bond motifs is 3. The Labute approximate surface area is 149 Å². The van der Waals surface area contributed by atoms with Crippen LogP contribution in [0.2, 0.25) is 0 Å². The number of pyridine rings is 1. The van der Waals surface area contributed by atoms with Gasteiger partial charge in [0.1, 0.15) is 0 Å². The van der Waals surface area contributed by atoms with Gasteiger partial charge in [-0.15, -0.1) is 0 Å². The second kappa shape index (κ2) is 6.49. The fourth-order valence-electron chi connectivity index (χ4n) is 3.88. The van der Waals surface area contributed by atoms with Crippen LogP contribution in [0.25, 0.3) is 22.7 Å². The second-order valence-electron chi connectivity index (χ2n) is 7.05. The zero-order valence-corrected chi connectivity index (χ0v) is 15.3. The molecule has 3 heterocycles. The molecule has 2 aromatic heterocycles. The average Bonchev–Trinajstić information content (AvgIpc) is 2.92. The van der Waals surface area contributed by atoms with Crippen molar-refractivity contribution in [2.75, 3.05) is 13.6 Å². The molecule has 1 aliphatic heterocycles. The number of benzene rings is 1. The highest BCUT2D eigenvalue weighted by Crippen LogP contribution is 2.33. The number of aryl methyl sites for hydroxylation is 1. The molecule has 3 aromatic rings. The molecule has 0 N–H and O–H groups in total. The van der Waals surface area contributed by atoms with E-state index in [1.54, 1.807) is 0 Å². The summed E-state index contributed by atoms with van der Waals surface area (Å²) in [5.74, 6) is 0. The van der Waals surface area contributed by atoms with Crippen LogP contribution in [0.15, 0.2) is 42.7 Å². The Bertz CT molecular complexity index is 935. The molecule has 1 aromatic carbocycles. The van der Waals surface area contributed by atoms with Crippen LogP contribution in [0.5, 0.6) is 0 Å². The lowest BCUT2D eigenvalue weighted by molar-refractivity contribution is 0.312. The van der Waals surface area contributed by atoms with Crippen LogP contribution < -0.4 is 0 Å². The SMILES string of the molecule is CCC(=Cn1c2c(c3cc(C)ccc31)CN(C)CC2)c1ccncc1. The standard InChI is InChI=1S/C22H25N3/c1-4-17(18-7-10-23-11-8-18)14-25-21-6-5-16(2)13-19(21)20-15-24(3)12-9-22(20)25/h5-8,10-11,13-14H,4,9,12,15H2,1-3H3. The lowest BCUT2D eigenvalue weighted by Crippen LogP contribution is -2.26. The third-order valence-electron chi connectivity index (χ3n) is 5.25. The third-order valence-corrected chi connectivity index (χ3v) is 5.25. The Balaban J connectivity index is 1.94. The fourth-order valence-corrected chi connectivity index (χ4v) is 3.88. The molecule has 0 saturated carbocycles. The molecule has 0 bridgehead atoms. The second-order valence-corrected chi connectivity index (χ2v) is 7.05. The zero-order chi connectivity index (χ0) is 17.4. The molecule has 0 radical (unpaired) electrons. The van der Waals surface area contributed by atoms with E-state index < -0.39 is 0 Å². The summed E-state index contributed by atoms with van der Waals surface area (Å²) in [6.45, 7) is 6.56. The molecular formula is C22H25N3. The summed E-state index contributed by atoms with van der Waals surface area (Å²) < 4.78 is 2.44. The van der Waals surface area contributed by atoms with Crippen molar-refractivity contribution in [1.82, 2.24) is 14.5 Å². The molecule has 0 aliphatic carbocycles. The molecule has 25 heavy (non-hydrogen) atoms. The van der Waals surface area contributed by atoms with Crippen LogP contribution in [0, 0.1) is 6.92 Å². The zero-order valence-electron chi connectivity index (χ0n) is 15.3. The summed E-state index contributed by atoms with van der Waals surface area (Å²) >= 11 is 0. The van der Waals surface area contributed by atoms with E-state index in [1.807, 2.05) is 12.4 Å². The van der Waals surface area contributed by atoms with Crippen molar-refractivity contribution < 1.29 is 0 Å². The van der Waals surface area contributed by atoms with Gasteiger partial charge in [0.25, 0.3) is 0 Å². The summed E-state index contributed by atoms with van der Waals surface area (Å²) in [6, 6.07) is 11.0. The van der Waals surface area contributed by atoms with E-state index in [0.717, 1.165) is 25.9 Å². The van der Waals surface area contributed by atoms with Crippen LogP contribution in [0.4, 0.5) is 0 Å². The van der Waals surface area contributed by atoms with Crippen LogP contribution >= 0.6 is 0 Å². The summed E-state index contributed by atoms with van der Waals surface area (Å²) in [7, 11) is 2.21. The maximum Gasteiger partial charge on any atom is 0.0529 e. The highest BCUT2D eigenvalue weighted by atomic mass is 15.1. The number of allylic oxidation sites excluding steroid dienone is 1. The number of hydrogen-bond donors (Lipinski definition) is 0. The average molecular weight is 331 g/mol. The highest BCUT2D eigenvalue weighted by Gasteiger charge is 2.22. The summed E-state index contributed by atoms with van der Waals surface area (Å²) in [5.41, 5.74) is 8.22. The van der Waals surface area contributed by atoms with Gasteiger partial charge in [0.2, 0.25) is 0 Å². The van der Waals surface area contributed by atoms with Gasteiger partial charge in [-0.2, -0.15) is 0 Å². The van der Waals surface area contributed by atoms with Gasteiger partial charge in [0.05, 0.1) is 5.52 Å². The molecule has 3 heteroatoms. The van der Waals surface area contributed by atoms with Crippen molar-refractivity contribution in [2.45, 2.75) is 33.2 Å². The largest absolute Gasteiger partial charge is 0.320 e. The van der Waals surface area contributed by atoms with Crippen molar-refractivity contribution >= 4 is 22.7 Å². The topological polar surface area (TPSA) is 21.1 Å². The van der Waals surface area contributed by atoms with Crippen LogP contribution in [0.3, 0.4) is 0 Å². The summed E-state index contributed by atoms with van der Waals surface area (Å²) in [5, 5.41) is 1.41. The molecule has 3 nitrogen and oxygen atoms in total. The predicted molar refractivity (Wildman–Crippen MR) is 105 cm³/mol. The van der Waals surface area contributed by atoms with Gasteiger partial charge in [0.15, 0.2) is 0 Å². The fraction of sp³-hybridized carbons (Fsp3) is 0.318. The predicted octanol–water partition coefficient (Wildman–Crippen LogP) is 4.74. The Kier molecular flexibility index (Phi) is 4.18. The van der Waals surface area contributed by atoms with Gasteiger partial charge in [-0.25, -0.2) is 0 Å². The number of hydrogen-bond acceptors (Lipinski definition) is 2. The van der Waals surface area contributed by atoms with Gasteiger partial charge in [0, 0.05) is 49.2 Å². The van der Waals surface area contributed by atoms with Crippen molar-refractivity contribution in [3.05, 3.63) is 65.1 Å². The smallest absolute Gasteiger partial charge is 0.0529 e. The Morgan fingerprint density at radius 1 is 1.20 bits per heavy atom.